The zero-order valence-electron chi connectivity index (χ0n) is 12.4. The molecule has 112 valence electrons. The number of ether oxygens (including phenoxy) is 2. The molecule has 6 heteroatoms. The number of carbonyl (C=O) groups is 1. The molecule has 2 rings (SSSR count). The number of benzene rings is 1. The maximum atomic E-state index is 11.6. The monoisotopic (exact) mass is 290 g/mol. The summed E-state index contributed by atoms with van der Waals surface area (Å²) >= 11 is 0. The number of methoxy groups -OCH3 is 2. The van der Waals surface area contributed by atoms with Crippen LogP contribution in [0.5, 0.6) is 11.5 Å². The largest absolute Gasteiger partial charge is 0.493 e. The Morgan fingerprint density at radius 1 is 1.24 bits per heavy atom. The summed E-state index contributed by atoms with van der Waals surface area (Å²) in [5, 5.41) is 3.90. The predicted molar refractivity (Wildman–Crippen MR) is 76.5 cm³/mol. The summed E-state index contributed by atoms with van der Waals surface area (Å²) in [6, 6.07) is 5.34. The van der Waals surface area contributed by atoms with Crippen molar-refractivity contribution in [3.63, 3.8) is 0 Å². The summed E-state index contributed by atoms with van der Waals surface area (Å²) < 4.78 is 15.5. The second-order valence-electron chi connectivity index (χ2n) is 4.55. The maximum absolute atomic E-state index is 11.6. The normalized spacial score (nSPS) is 10.4. The Hall–Kier alpha value is -2.37. The summed E-state index contributed by atoms with van der Waals surface area (Å²) in [5.41, 5.74) is 0.741. The molecule has 0 fully saturated rings. The molecule has 0 saturated carbocycles. The van der Waals surface area contributed by atoms with E-state index in [1.54, 1.807) is 26.4 Å². The van der Waals surface area contributed by atoms with Gasteiger partial charge in [0.1, 0.15) is 5.78 Å². The van der Waals surface area contributed by atoms with E-state index in [1.807, 2.05) is 13.0 Å². The van der Waals surface area contributed by atoms with Crippen molar-refractivity contribution in [1.82, 2.24) is 10.1 Å². The zero-order chi connectivity index (χ0) is 15.2. The number of ketones is 1. The van der Waals surface area contributed by atoms with Crippen LogP contribution >= 0.6 is 0 Å². The summed E-state index contributed by atoms with van der Waals surface area (Å²) in [6.07, 6.45) is 1.51. The fraction of sp³-hybridized carbons (Fsp3) is 0.400. The molecule has 0 unspecified atom stereocenters. The Kier molecular flexibility index (Phi) is 4.92. The van der Waals surface area contributed by atoms with Crippen molar-refractivity contribution in [2.75, 3.05) is 14.2 Å². The maximum Gasteiger partial charge on any atom is 0.234 e. The lowest BCUT2D eigenvalue weighted by Gasteiger charge is -2.07. The third-order valence-electron chi connectivity index (χ3n) is 2.99. The fourth-order valence-electron chi connectivity index (χ4n) is 1.96. The molecule has 0 radical (unpaired) electrons. The van der Waals surface area contributed by atoms with Crippen LogP contribution in [-0.2, 0) is 11.2 Å². The highest BCUT2D eigenvalue weighted by Gasteiger charge is 2.14. The van der Waals surface area contributed by atoms with Gasteiger partial charge in [-0.1, -0.05) is 12.1 Å². The van der Waals surface area contributed by atoms with E-state index in [-0.39, 0.29) is 12.2 Å². The molecule has 0 amide bonds. The van der Waals surface area contributed by atoms with Gasteiger partial charge in [0.05, 0.1) is 20.6 Å². The summed E-state index contributed by atoms with van der Waals surface area (Å²) in [7, 11) is 3.13. The molecule has 0 atom stereocenters. The third-order valence-corrected chi connectivity index (χ3v) is 2.99. The van der Waals surface area contributed by atoms with Crippen molar-refractivity contribution in [3.8, 4) is 22.9 Å². The quantitative estimate of drug-likeness (QED) is 0.780. The van der Waals surface area contributed by atoms with E-state index in [0.29, 0.717) is 29.6 Å². The first-order valence-corrected chi connectivity index (χ1v) is 6.74. The first-order chi connectivity index (χ1) is 10.2. The highest BCUT2D eigenvalue weighted by Crippen LogP contribution is 2.31. The second-order valence-corrected chi connectivity index (χ2v) is 4.55. The SMILES string of the molecule is CCCC(=O)Cc1nc(-c2ccc(OC)c(OC)c2)no1. The number of aromatic nitrogens is 2. The predicted octanol–water partition coefficient (Wildman–Crippen LogP) is 2.67. The lowest BCUT2D eigenvalue weighted by molar-refractivity contribution is -0.118. The average Bonchev–Trinajstić information content (AvgIpc) is 2.95. The van der Waals surface area contributed by atoms with Crippen LogP contribution in [0.2, 0.25) is 0 Å². The van der Waals surface area contributed by atoms with Gasteiger partial charge in [0.25, 0.3) is 0 Å². The van der Waals surface area contributed by atoms with E-state index in [9.17, 15) is 4.79 Å². The Bertz CT molecular complexity index is 622. The van der Waals surface area contributed by atoms with Gasteiger partial charge in [-0.3, -0.25) is 4.79 Å². The molecule has 0 saturated heterocycles. The Labute approximate surface area is 123 Å². The summed E-state index contributed by atoms with van der Waals surface area (Å²) in [5.74, 6) is 2.07. The molecular weight excluding hydrogens is 272 g/mol. The minimum Gasteiger partial charge on any atom is -0.493 e. The smallest absolute Gasteiger partial charge is 0.234 e. The van der Waals surface area contributed by atoms with E-state index in [0.717, 1.165) is 12.0 Å². The molecule has 0 N–H and O–H groups in total. The van der Waals surface area contributed by atoms with Crippen LogP contribution < -0.4 is 9.47 Å². The summed E-state index contributed by atoms with van der Waals surface area (Å²) in [6.45, 7) is 1.96. The summed E-state index contributed by atoms with van der Waals surface area (Å²) in [4.78, 5) is 15.8. The molecule has 0 bridgehead atoms. The molecule has 0 spiro atoms. The van der Waals surface area contributed by atoms with Crippen molar-refractivity contribution >= 4 is 5.78 Å². The minimum atomic E-state index is 0.0972. The number of carbonyl (C=O) groups excluding carboxylic acids is 1. The lowest BCUT2D eigenvalue weighted by Crippen LogP contribution is -2.01. The standard InChI is InChI=1S/C15H18N2O4/c1-4-5-11(18)9-14-16-15(17-21-14)10-6-7-12(19-2)13(8-10)20-3/h6-8H,4-5,9H2,1-3H3. The molecule has 1 aromatic heterocycles. The highest BCUT2D eigenvalue weighted by atomic mass is 16.5. The van der Waals surface area contributed by atoms with E-state index >= 15 is 0 Å². The fourth-order valence-corrected chi connectivity index (χ4v) is 1.96. The van der Waals surface area contributed by atoms with Crippen molar-refractivity contribution in [2.45, 2.75) is 26.2 Å². The first-order valence-electron chi connectivity index (χ1n) is 6.74. The highest BCUT2D eigenvalue weighted by molar-refractivity contribution is 5.79. The molecule has 0 aliphatic carbocycles. The average molecular weight is 290 g/mol. The van der Waals surface area contributed by atoms with Gasteiger partial charge in [0.2, 0.25) is 11.7 Å². The molecule has 2 aromatic rings. The number of nitrogens with zero attached hydrogens (tertiary/aromatic N) is 2. The van der Waals surface area contributed by atoms with Crippen LogP contribution in [0.4, 0.5) is 0 Å². The zero-order valence-corrected chi connectivity index (χ0v) is 12.4. The third kappa shape index (κ3) is 3.59. The molecule has 0 aliphatic rings. The van der Waals surface area contributed by atoms with E-state index < -0.39 is 0 Å². The van der Waals surface area contributed by atoms with Gasteiger partial charge >= 0.3 is 0 Å². The van der Waals surface area contributed by atoms with Gasteiger partial charge in [0, 0.05) is 12.0 Å². The van der Waals surface area contributed by atoms with Gasteiger partial charge in [0.15, 0.2) is 11.5 Å². The van der Waals surface area contributed by atoms with Crippen molar-refractivity contribution < 1.29 is 18.8 Å². The van der Waals surface area contributed by atoms with E-state index in [4.69, 9.17) is 14.0 Å². The van der Waals surface area contributed by atoms with Crippen LogP contribution in [0.15, 0.2) is 22.7 Å². The number of rotatable bonds is 7. The van der Waals surface area contributed by atoms with Crippen LogP contribution in [0, 0.1) is 0 Å². The molecule has 21 heavy (non-hydrogen) atoms. The Morgan fingerprint density at radius 3 is 2.67 bits per heavy atom. The van der Waals surface area contributed by atoms with E-state index in [2.05, 4.69) is 10.1 Å². The van der Waals surface area contributed by atoms with Crippen molar-refractivity contribution in [1.29, 1.82) is 0 Å². The van der Waals surface area contributed by atoms with Gasteiger partial charge < -0.3 is 14.0 Å². The Balaban J connectivity index is 2.19. The van der Waals surface area contributed by atoms with Gasteiger partial charge in [-0.15, -0.1) is 0 Å². The lowest BCUT2D eigenvalue weighted by atomic mass is 10.2. The van der Waals surface area contributed by atoms with Gasteiger partial charge in [-0.2, -0.15) is 4.98 Å². The van der Waals surface area contributed by atoms with Crippen LogP contribution in [0.3, 0.4) is 0 Å². The van der Waals surface area contributed by atoms with E-state index in [1.165, 1.54) is 0 Å². The minimum absolute atomic E-state index is 0.0972. The number of Topliss-reactive ketones (excluding diaryl/α,β-unsaturated/α-hetero) is 1. The van der Waals surface area contributed by atoms with Crippen LogP contribution in [0.1, 0.15) is 25.7 Å². The molecule has 0 aliphatic heterocycles. The molecule has 1 heterocycles. The van der Waals surface area contributed by atoms with Crippen molar-refractivity contribution in [2.24, 2.45) is 0 Å². The van der Waals surface area contributed by atoms with Gasteiger partial charge in [-0.25, -0.2) is 0 Å². The van der Waals surface area contributed by atoms with Crippen LogP contribution in [0.25, 0.3) is 11.4 Å². The molecule has 6 nitrogen and oxygen atoms in total. The second kappa shape index (κ2) is 6.88. The first kappa shape index (κ1) is 15.0. The van der Waals surface area contributed by atoms with Gasteiger partial charge in [-0.05, 0) is 24.6 Å². The molecular formula is C15H18N2O4. The Morgan fingerprint density at radius 2 is 2.00 bits per heavy atom. The van der Waals surface area contributed by atoms with Crippen molar-refractivity contribution in [3.05, 3.63) is 24.1 Å². The number of hydrogen-bond acceptors (Lipinski definition) is 6. The topological polar surface area (TPSA) is 74.5 Å². The van der Waals surface area contributed by atoms with Crippen LogP contribution in [-0.4, -0.2) is 30.1 Å². The number of hydrogen-bond donors (Lipinski definition) is 0. The molecule has 1 aromatic carbocycles.